The molecular formula is C24H21F6N5O2S. The molecule has 2 N–H and O–H groups in total. The van der Waals surface area contributed by atoms with Crippen molar-refractivity contribution in [1.82, 2.24) is 18.7 Å². The molecule has 2 aromatic heterocycles. The van der Waals surface area contributed by atoms with Crippen molar-refractivity contribution >= 4 is 22.9 Å². The molecule has 4 aromatic rings. The molecule has 4 rings (SSSR count). The summed E-state index contributed by atoms with van der Waals surface area (Å²) < 4.78 is 85.6. The van der Waals surface area contributed by atoms with Crippen LogP contribution in [0.5, 0.6) is 0 Å². The molecule has 7 nitrogen and oxygen atoms in total. The standard InChI is InChI=1S/C24H21F6N5O2S/c1-24(2,10-31)38-22-32-20-19(34(22)8-11-4-15(27)17(29)6-13(11)25)21(36)35(23(37)33(20)3)9-12-5-16(28)18(30)7-14(12)26/h4-7H,8-10,31H2,1-3H3. The van der Waals surface area contributed by atoms with Gasteiger partial charge in [0.15, 0.2) is 39.6 Å². The van der Waals surface area contributed by atoms with Gasteiger partial charge in [-0.05, 0) is 26.0 Å². The fourth-order valence-corrected chi connectivity index (χ4v) is 4.69. The third-order valence-corrected chi connectivity index (χ3v) is 7.11. The van der Waals surface area contributed by atoms with E-state index in [1.54, 1.807) is 13.8 Å². The second-order valence-electron chi connectivity index (χ2n) is 9.17. The van der Waals surface area contributed by atoms with Crippen LogP contribution in [0.25, 0.3) is 11.2 Å². The van der Waals surface area contributed by atoms with E-state index in [-0.39, 0.29) is 28.4 Å². The Bertz CT molecular complexity index is 1700. The lowest BCUT2D eigenvalue weighted by Gasteiger charge is -2.21. The molecule has 0 spiro atoms. The zero-order valence-corrected chi connectivity index (χ0v) is 21.1. The minimum atomic E-state index is -1.45. The van der Waals surface area contributed by atoms with E-state index in [1.165, 1.54) is 11.6 Å². The first kappa shape index (κ1) is 27.5. The Morgan fingerprint density at radius 2 is 1.29 bits per heavy atom. The number of benzene rings is 2. The van der Waals surface area contributed by atoms with Crippen molar-refractivity contribution in [2.45, 2.75) is 36.8 Å². The van der Waals surface area contributed by atoms with Gasteiger partial charge in [-0.3, -0.25) is 13.9 Å². The van der Waals surface area contributed by atoms with E-state index in [9.17, 15) is 35.9 Å². The van der Waals surface area contributed by atoms with Crippen LogP contribution in [0.15, 0.2) is 39.0 Å². The lowest BCUT2D eigenvalue weighted by molar-refractivity contribution is 0.486. The first-order chi connectivity index (χ1) is 17.7. The summed E-state index contributed by atoms with van der Waals surface area (Å²) in [6.45, 7) is 2.44. The Morgan fingerprint density at radius 1 is 0.816 bits per heavy atom. The minimum absolute atomic E-state index is 0.114. The normalized spacial score (nSPS) is 12.1. The predicted octanol–water partition coefficient (Wildman–Crippen LogP) is 3.66. The Morgan fingerprint density at radius 3 is 1.79 bits per heavy atom. The van der Waals surface area contributed by atoms with E-state index in [1.807, 2.05) is 0 Å². The number of nitrogens with two attached hydrogens (primary N) is 1. The number of halogens is 6. The minimum Gasteiger partial charge on any atom is -0.329 e. The number of hydrogen-bond donors (Lipinski definition) is 1. The summed E-state index contributed by atoms with van der Waals surface area (Å²) in [5, 5.41) is 0.114. The number of nitrogens with zero attached hydrogens (tertiary/aromatic N) is 4. The highest BCUT2D eigenvalue weighted by atomic mass is 32.2. The highest BCUT2D eigenvalue weighted by Crippen LogP contribution is 2.33. The average molecular weight is 558 g/mol. The lowest BCUT2D eigenvalue weighted by Crippen LogP contribution is -2.40. The molecule has 14 heteroatoms. The van der Waals surface area contributed by atoms with Gasteiger partial charge in [-0.25, -0.2) is 36.1 Å². The topological polar surface area (TPSA) is 87.8 Å². The molecule has 0 aliphatic heterocycles. The third-order valence-electron chi connectivity index (χ3n) is 5.89. The van der Waals surface area contributed by atoms with Crippen LogP contribution in [0, 0.1) is 34.9 Å². The second kappa shape index (κ2) is 9.98. The number of thioether (sulfide) groups is 1. The third kappa shape index (κ3) is 4.97. The van der Waals surface area contributed by atoms with Crippen molar-refractivity contribution in [2.24, 2.45) is 12.8 Å². The van der Waals surface area contributed by atoms with Crippen LogP contribution in [0.2, 0.25) is 0 Å². The van der Waals surface area contributed by atoms with E-state index in [2.05, 4.69) is 4.98 Å². The number of fused-ring (bicyclic) bond motifs is 1. The van der Waals surface area contributed by atoms with Crippen LogP contribution in [-0.2, 0) is 20.1 Å². The van der Waals surface area contributed by atoms with Gasteiger partial charge in [0.25, 0.3) is 5.56 Å². The zero-order chi connectivity index (χ0) is 28.1. The van der Waals surface area contributed by atoms with Gasteiger partial charge in [-0.15, -0.1) is 0 Å². The number of rotatable bonds is 7. The van der Waals surface area contributed by atoms with Gasteiger partial charge in [-0.1, -0.05) is 11.8 Å². The first-order valence-corrected chi connectivity index (χ1v) is 11.9. The van der Waals surface area contributed by atoms with Crippen molar-refractivity contribution in [2.75, 3.05) is 6.54 Å². The molecule has 0 saturated carbocycles. The molecule has 0 aliphatic carbocycles. The maximum absolute atomic E-state index is 14.6. The van der Waals surface area contributed by atoms with E-state index in [0.29, 0.717) is 28.8 Å². The molecule has 38 heavy (non-hydrogen) atoms. The molecule has 0 unspecified atom stereocenters. The van der Waals surface area contributed by atoms with Crippen molar-refractivity contribution in [3.63, 3.8) is 0 Å². The molecule has 2 heterocycles. The van der Waals surface area contributed by atoms with Gasteiger partial charge in [0.1, 0.15) is 11.6 Å². The van der Waals surface area contributed by atoms with Gasteiger partial charge < -0.3 is 10.3 Å². The summed E-state index contributed by atoms with van der Waals surface area (Å²) in [5.74, 6) is -7.82. The number of aromatic nitrogens is 4. The molecular weight excluding hydrogens is 536 g/mol. The summed E-state index contributed by atoms with van der Waals surface area (Å²) in [6, 6.07) is 1.81. The monoisotopic (exact) mass is 557 g/mol. The van der Waals surface area contributed by atoms with Crippen molar-refractivity contribution < 1.29 is 26.3 Å². The number of hydrogen-bond acceptors (Lipinski definition) is 5. The first-order valence-electron chi connectivity index (χ1n) is 11.1. The van der Waals surface area contributed by atoms with Gasteiger partial charge in [0.05, 0.1) is 13.1 Å². The average Bonchev–Trinajstić information content (AvgIpc) is 3.19. The Kier molecular flexibility index (Phi) is 7.23. The van der Waals surface area contributed by atoms with Gasteiger partial charge in [0.2, 0.25) is 0 Å². The smallest absolute Gasteiger partial charge is 0.329 e. The van der Waals surface area contributed by atoms with Crippen molar-refractivity contribution in [3.05, 3.63) is 91.1 Å². The Hall–Kier alpha value is -3.52. The van der Waals surface area contributed by atoms with Gasteiger partial charge in [0, 0.05) is 41.6 Å². The number of aryl methyl sites for hydroxylation is 1. The summed E-state index contributed by atoms with van der Waals surface area (Å²) in [6.07, 6.45) is 0. The van der Waals surface area contributed by atoms with E-state index >= 15 is 0 Å². The van der Waals surface area contributed by atoms with Crippen LogP contribution in [-0.4, -0.2) is 30.0 Å². The van der Waals surface area contributed by atoms with E-state index < -0.39 is 69.6 Å². The molecule has 0 aliphatic rings. The maximum Gasteiger partial charge on any atom is 0.332 e. The van der Waals surface area contributed by atoms with Crippen molar-refractivity contribution in [3.8, 4) is 0 Å². The van der Waals surface area contributed by atoms with E-state index in [0.717, 1.165) is 16.3 Å². The molecule has 2 aromatic carbocycles. The fourth-order valence-electron chi connectivity index (χ4n) is 3.71. The summed E-state index contributed by atoms with van der Waals surface area (Å²) in [5.41, 5.74) is 2.72. The van der Waals surface area contributed by atoms with Crippen LogP contribution in [0.4, 0.5) is 26.3 Å². The summed E-state index contributed by atoms with van der Waals surface area (Å²) in [4.78, 5) is 31.0. The van der Waals surface area contributed by atoms with E-state index in [4.69, 9.17) is 5.73 Å². The highest BCUT2D eigenvalue weighted by Gasteiger charge is 2.27. The number of imidazole rings is 1. The molecule has 0 saturated heterocycles. The lowest BCUT2D eigenvalue weighted by atomic mass is 10.2. The van der Waals surface area contributed by atoms with Gasteiger partial charge >= 0.3 is 5.69 Å². The molecule has 0 atom stereocenters. The maximum atomic E-state index is 14.6. The van der Waals surface area contributed by atoms with Crippen molar-refractivity contribution in [1.29, 1.82) is 0 Å². The van der Waals surface area contributed by atoms with Crippen LogP contribution < -0.4 is 17.0 Å². The predicted molar refractivity (Wildman–Crippen MR) is 129 cm³/mol. The van der Waals surface area contributed by atoms with Crippen LogP contribution >= 0.6 is 11.8 Å². The fraction of sp³-hybridized carbons (Fsp3) is 0.292. The SMILES string of the molecule is Cn1c(=O)n(Cc2cc(F)c(F)cc2F)c(=O)c2c1nc(SC(C)(C)CN)n2Cc1cc(F)c(F)cc1F. The van der Waals surface area contributed by atoms with Crippen LogP contribution in [0.1, 0.15) is 25.0 Å². The largest absolute Gasteiger partial charge is 0.332 e. The summed E-state index contributed by atoms with van der Waals surface area (Å²) in [7, 11) is 1.28. The van der Waals surface area contributed by atoms with Crippen LogP contribution in [0.3, 0.4) is 0 Å². The highest BCUT2D eigenvalue weighted by molar-refractivity contribution is 8.00. The Labute approximate surface area is 215 Å². The molecule has 0 radical (unpaired) electrons. The Balaban J connectivity index is 1.99. The summed E-state index contributed by atoms with van der Waals surface area (Å²) >= 11 is 1.09. The molecule has 0 fully saturated rings. The zero-order valence-electron chi connectivity index (χ0n) is 20.3. The van der Waals surface area contributed by atoms with Gasteiger partial charge in [-0.2, -0.15) is 0 Å². The quantitative estimate of drug-likeness (QED) is 0.213. The molecule has 0 bridgehead atoms. The molecule has 202 valence electrons. The second-order valence-corrected chi connectivity index (χ2v) is 10.8. The molecule has 0 amide bonds.